The molecule has 0 bridgehead atoms. The minimum Gasteiger partial charge on any atom is -0.373 e. The van der Waals surface area contributed by atoms with Crippen molar-refractivity contribution in [3.05, 3.63) is 46.0 Å². The smallest absolute Gasteiger partial charge is 0.258 e. The second-order valence-corrected chi connectivity index (χ2v) is 6.65. The number of ether oxygens (including phenoxy) is 2. The van der Waals surface area contributed by atoms with Crippen molar-refractivity contribution in [1.82, 2.24) is 14.7 Å². The fraction of sp³-hybridized carbons (Fsp3) is 0.500. The lowest BCUT2D eigenvalue weighted by Crippen LogP contribution is -2.49. The lowest BCUT2D eigenvalue weighted by Gasteiger charge is -2.39. The molecule has 1 saturated carbocycles. The molecule has 0 aromatic carbocycles. The summed E-state index contributed by atoms with van der Waals surface area (Å²) in [5.74, 6) is -0.212. The second kappa shape index (κ2) is 6.57. The molecule has 1 aliphatic carbocycles. The molecule has 7 nitrogen and oxygen atoms in total. The molecule has 7 heteroatoms. The Hall–Kier alpha value is -2.25. The topological polar surface area (TPSA) is 81.9 Å². The van der Waals surface area contributed by atoms with Crippen LogP contribution in [0.1, 0.15) is 35.3 Å². The van der Waals surface area contributed by atoms with Crippen molar-refractivity contribution >= 4 is 11.6 Å². The van der Waals surface area contributed by atoms with Crippen LogP contribution in [0.4, 0.5) is 0 Å². The molecule has 0 radical (unpaired) electrons. The van der Waals surface area contributed by atoms with Crippen LogP contribution in [0.2, 0.25) is 0 Å². The average Bonchev–Trinajstić information content (AvgIpc) is 2.61. The van der Waals surface area contributed by atoms with E-state index < -0.39 is 0 Å². The molecule has 2 aromatic rings. The molecule has 4 rings (SSSR count). The monoisotopic (exact) mass is 343 g/mol. The molecule has 1 saturated heterocycles. The van der Waals surface area contributed by atoms with Crippen LogP contribution in [0.25, 0.3) is 5.65 Å². The Balaban J connectivity index is 1.55. The third-order valence-electron chi connectivity index (χ3n) is 4.88. The van der Waals surface area contributed by atoms with Gasteiger partial charge in [0.15, 0.2) is 5.65 Å². The highest BCUT2D eigenvalue weighted by Gasteiger charge is 2.34. The summed E-state index contributed by atoms with van der Waals surface area (Å²) in [7, 11) is 0. The molecule has 2 aromatic heterocycles. The fourth-order valence-corrected chi connectivity index (χ4v) is 3.68. The van der Waals surface area contributed by atoms with Crippen molar-refractivity contribution in [2.45, 2.75) is 44.4 Å². The number of hydrogen-bond acceptors (Lipinski definition) is 5. The molecular formula is C18H21N3O4. The third-order valence-corrected chi connectivity index (χ3v) is 4.88. The van der Waals surface area contributed by atoms with Gasteiger partial charge in [0.05, 0.1) is 31.0 Å². The molecule has 1 aliphatic heterocycles. The van der Waals surface area contributed by atoms with Crippen LogP contribution in [0, 0.1) is 6.92 Å². The first kappa shape index (κ1) is 16.2. The van der Waals surface area contributed by atoms with Crippen molar-refractivity contribution in [3.8, 4) is 0 Å². The summed E-state index contributed by atoms with van der Waals surface area (Å²) >= 11 is 0. The molecule has 1 amide bonds. The Bertz CT molecular complexity index is 863. The van der Waals surface area contributed by atoms with Gasteiger partial charge >= 0.3 is 0 Å². The van der Waals surface area contributed by atoms with Crippen LogP contribution in [0.5, 0.6) is 0 Å². The van der Waals surface area contributed by atoms with E-state index in [1.807, 2.05) is 0 Å². The van der Waals surface area contributed by atoms with Crippen molar-refractivity contribution in [1.29, 1.82) is 0 Å². The predicted molar refractivity (Wildman–Crippen MR) is 90.8 cm³/mol. The summed E-state index contributed by atoms with van der Waals surface area (Å²) in [5.41, 5.74) is 1.20. The standard InChI is InChI=1S/C18H21N3O4/c1-11-9-16(22)21-6-2-3-13(17(21)19-11)18(23)20-12-4-5-14-15(10-12)25-8-7-24-14/h2-3,6,9,12,14-15H,4-5,7-8,10H2,1H3,(H,20,23). The van der Waals surface area contributed by atoms with Gasteiger partial charge in [0.1, 0.15) is 0 Å². The SMILES string of the molecule is Cc1cc(=O)n2cccc(C(=O)NC3CCC4OCCOC4C3)c2n1. The molecular weight excluding hydrogens is 322 g/mol. The highest BCUT2D eigenvalue weighted by Crippen LogP contribution is 2.27. The Kier molecular flexibility index (Phi) is 4.27. The lowest BCUT2D eigenvalue weighted by molar-refractivity contribution is -0.157. The molecule has 0 spiro atoms. The normalized spacial score (nSPS) is 26.2. The van der Waals surface area contributed by atoms with Gasteiger partial charge in [-0.3, -0.25) is 14.0 Å². The van der Waals surface area contributed by atoms with Crippen molar-refractivity contribution in [2.75, 3.05) is 13.2 Å². The number of carbonyl (C=O) groups is 1. The van der Waals surface area contributed by atoms with E-state index >= 15 is 0 Å². The van der Waals surface area contributed by atoms with Crippen LogP contribution in [-0.2, 0) is 9.47 Å². The zero-order valence-electron chi connectivity index (χ0n) is 14.1. The number of hydrogen-bond donors (Lipinski definition) is 1. The number of nitrogens with one attached hydrogen (secondary N) is 1. The van der Waals surface area contributed by atoms with E-state index in [1.165, 1.54) is 10.5 Å². The van der Waals surface area contributed by atoms with Gasteiger partial charge in [0.25, 0.3) is 11.5 Å². The molecule has 3 unspecified atom stereocenters. The molecule has 132 valence electrons. The summed E-state index contributed by atoms with van der Waals surface area (Å²) in [4.78, 5) is 29.2. The van der Waals surface area contributed by atoms with E-state index in [0.29, 0.717) is 30.1 Å². The Labute approximate surface area is 145 Å². The first-order valence-corrected chi connectivity index (χ1v) is 8.65. The van der Waals surface area contributed by atoms with Crippen LogP contribution < -0.4 is 10.9 Å². The van der Waals surface area contributed by atoms with Gasteiger partial charge in [0.2, 0.25) is 0 Å². The van der Waals surface area contributed by atoms with Crippen molar-refractivity contribution in [2.24, 2.45) is 0 Å². The van der Waals surface area contributed by atoms with E-state index in [-0.39, 0.29) is 29.7 Å². The highest BCUT2D eigenvalue weighted by atomic mass is 16.6. The van der Waals surface area contributed by atoms with Crippen molar-refractivity contribution in [3.63, 3.8) is 0 Å². The zero-order chi connectivity index (χ0) is 17.4. The predicted octanol–water partition coefficient (Wildman–Crippen LogP) is 1.07. The number of rotatable bonds is 2. The Morgan fingerprint density at radius 2 is 2.08 bits per heavy atom. The zero-order valence-corrected chi connectivity index (χ0v) is 14.1. The van der Waals surface area contributed by atoms with Crippen LogP contribution in [0.3, 0.4) is 0 Å². The van der Waals surface area contributed by atoms with Gasteiger partial charge in [-0.2, -0.15) is 0 Å². The lowest BCUT2D eigenvalue weighted by atomic mass is 9.89. The number of pyridine rings is 1. The molecule has 25 heavy (non-hydrogen) atoms. The number of nitrogens with zero attached hydrogens (tertiary/aromatic N) is 2. The number of amides is 1. The first-order valence-electron chi connectivity index (χ1n) is 8.65. The Morgan fingerprint density at radius 3 is 2.92 bits per heavy atom. The molecule has 2 aliphatic rings. The van der Waals surface area contributed by atoms with E-state index in [9.17, 15) is 9.59 Å². The second-order valence-electron chi connectivity index (χ2n) is 6.65. The van der Waals surface area contributed by atoms with Gasteiger partial charge in [-0.15, -0.1) is 0 Å². The number of aryl methyl sites for hydroxylation is 1. The van der Waals surface area contributed by atoms with Crippen LogP contribution >= 0.6 is 0 Å². The minimum absolute atomic E-state index is 0.0345. The summed E-state index contributed by atoms with van der Waals surface area (Å²) in [6.45, 7) is 3.00. The van der Waals surface area contributed by atoms with Crippen molar-refractivity contribution < 1.29 is 14.3 Å². The van der Waals surface area contributed by atoms with Gasteiger partial charge < -0.3 is 14.8 Å². The van der Waals surface area contributed by atoms with E-state index in [4.69, 9.17) is 9.47 Å². The largest absolute Gasteiger partial charge is 0.373 e. The average molecular weight is 343 g/mol. The molecule has 2 fully saturated rings. The summed E-state index contributed by atoms with van der Waals surface area (Å²) < 4.78 is 12.9. The van der Waals surface area contributed by atoms with Gasteiger partial charge in [-0.1, -0.05) is 0 Å². The van der Waals surface area contributed by atoms with Gasteiger partial charge in [0, 0.05) is 24.0 Å². The van der Waals surface area contributed by atoms with E-state index in [0.717, 1.165) is 19.3 Å². The van der Waals surface area contributed by atoms with Gasteiger partial charge in [-0.25, -0.2) is 4.98 Å². The molecule has 3 atom stereocenters. The van der Waals surface area contributed by atoms with E-state index in [2.05, 4.69) is 10.3 Å². The number of carbonyl (C=O) groups excluding carboxylic acids is 1. The molecule has 3 heterocycles. The van der Waals surface area contributed by atoms with Crippen LogP contribution in [0.15, 0.2) is 29.2 Å². The summed E-state index contributed by atoms with van der Waals surface area (Å²) in [6.07, 6.45) is 4.29. The highest BCUT2D eigenvalue weighted by molar-refractivity contribution is 5.99. The number of aromatic nitrogens is 2. The summed E-state index contributed by atoms with van der Waals surface area (Å²) in [5, 5.41) is 3.07. The van der Waals surface area contributed by atoms with Crippen LogP contribution in [-0.4, -0.2) is 46.8 Å². The number of fused-ring (bicyclic) bond motifs is 2. The quantitative estimate of drug-likeness (QED) is 0.882. The Morgan fingerprint density at radius 1 is 1.28 bits per heavy atom. The fourth-order valence-electron chi connectivity index (χ4n) is 3.68. The summed E-state index contributed by atoms with van der Waals surface area (Å²) in [6, 6.07) is 4.88. The maximum absolute atomic E-state index is 12.8. The van der Waals surface area contributed by atoms with Gasteiger partial charge in [-0.05, 0) is 38.3 Å². The minimum atomic E-state index is -0.212. The first-order chi connectivity index (χ1) is 12.1. The third kappa shape index (κ3) is 3.17. The molecule has 1 N–H and O–H groups in total. The maximum Gasteiger partial charge on any atom is 0.258 e. The van der Waals surface area contributed by atoms with E-state index in [1.54, 1.807) is 25.3 Å². The maximum atomic E-state index is 12.8.